The van der Waals surface area contributed by atoms with E-state index in [0.717, 1.165) is 17.9 Å². The van der Waals surface area contributed by atoms with E-state index in [1.54, 1.807) is 12.3 Å². The second-order valence-corrected chi connectivity index (χ2v) is 3.91. The van der Waals surface area contributed by atoms with Gasteiger partial charge in [0.2, 0.25) is 0 Å². The van der Waals surface area contributed by atoms with Gasteiger partial charge in [-0.2, -0.15) is 5.26 Å². The van der Waals surface area contributed by atoms with E-state index in [9.17, 15) is 0 Å². The van der Waals surface area contributed by atoms with Crippen molar-refractivity contribution in [2.45, 2.75) is 31.3 Å². The first-order valence-corrected chi connectivity index (χ1v) is 4.95. The van der Waals surface area contributed by atoms with Crippen LogP contribution in [0.5, 0.6) is 5.75 Å². The smallest absolute Gasteiger partial charge is 0.142 e. The van der Waals surface area contributed by atoms with Gasteiger partial charge >= 0.3 is 0 Å². The second kappa shape index (κ2) is 2.71. The molecule has 2 aliphatic rings. The number of ether oxygens (including phenoxy) is 1. The molecule has 2 atom stereocenters. The number of nitrogens with zero attached hydrogens (tertiary/aromatic N) is 2. The predicted molar refractivity (Wildman–Crippen MR) is 50.0 cm³/mol. The number of fused-ring (bicyclic) bond motifs is 3. The molecule has 0 bridgehead atoms. The minimum Gasteiger partial charge on any atom is -0.488 e. The van der Waals surface area contributed by atoms with Crippen molar-refractivity contribution in [2.75, 3.05) is 0 Å². The lowest BCUT2D eigenvalue weighted by Crippen LogP contribution is -2.11. The molecule has 0 aromatic carbocycles. The fraction of sp³-hybridized carbons (Fsp3) is 0.455. The SMILES string of the molecule is N#Cc1cnc2c(c1)OC1CCCC21. The maximum atomic E-state index is 8.73. The van der Waals surface area contributed by atoms with Crippen LogP contribution in [0.4, 0.5) is 0 Å². The maximum absolute atomic E-state index is 8.73. The van der Waals surface area contributed by atoms with Crippen LogP contribution in [0.3, 0.4) is 0 Å². The van der Waals surface area contributed by atoms with Crippen LogP contribution in [0.15, 0.2) is 12.3 Å². The van der Waals surface area contributed by atoms with Crippen molar-refractivity contribution in [3.63, 3.8) is 0 Å². The number of aromatic nitrogens is 1. The molecule has 3 rings (SSSR count). The molecular weight excluding hydrogens is 176 g/mol. The average molecular weight is 186 g/mol. The Balaban J connectivity index is 2.06. The predicted octanol–water partition coefficient (Wildman–Crippen LogP) is 1.98. The summed E-state index contributed by atoms with van der Waals surface area (Å²) in [5.41, 5.74) is 1.65. The molecule has 0 N–H and O–H groups in total. The van der Waals surface area contributed by atoms with Gasteiger partial charge in [-0.1, -0.05) is 0 Å². The van der Waals surface area contributed by atoms with Crippen molar-refractivity contribution in [1.82, 2.24) is 4.98 Å². The number of pyridine rings is 1. The van der Waals surface area contributed by atoms with Crippen LogP contribution in [0, 0.1) is 11.3 Å². The molecule has 70 valence electrons. The monoisotopic (exact) mass is 186 g/mol. The summed E-state index contributed by atoms with van der Waals surface area (Å²) in [6.07, 6.45) is 5.50. The van der Waals surface area contributed by atoms with Crippen molar-refractivity contribution in [1.29, 1.82) is 5.26 Å². The number of nitriles is 1. The minimum atomic E-state index is 0.325. The topological polar surface area (TPSA) is 45.9 Å². The Morgan fingerprint density at radius 1 is 1.50 bits per heavy atom. The zero-order chi connectivity index (χ0) is 9.54. The fourth-order valence-electron chi connectivity index (χ4n) is 2.43. The molecule has 0 saturated heterocycles. The van der Waals surface area contributed by atoms with Crippen molar-refractivity contribution >= 4 is 0 Å². The van der Waals surface area contributed by atoms with E-state index < -0.39 is 0 Å². The van der Waals surface area contributed by atoms with E-state index in [1.165, 1.54) is 12.8 Å². The molecule has 0 amide bonds. The summed E-state index contributed by atoms with van der Waals surface area (Å²) in [5, 5.41) is 8.73. The summed E-state index contributed by atoms with van der Waals surface area (Å²) in [7, 11) is 0. The fourth-order valence-corrected chi connectivity index (χ4v) is 2.43. The van der Waals surface area contributed by atoms with Crippen molar-refractivity contribution < 1.29 is 4.74 Å². The van der Waals surface area contributed by atoms with E-state index in [1.807, 2.05) is 0 Å². The van der Waals surface area contributed by atoms with E-state index in [2.05, 4.69) is 11.1 Å². The van der Waals surface area contributed by atoms with Gasteiger partial charge in [-0.15, -0.1) is 0 Å². The molecule has 1 aromatic rings. The van der Waals surface area contributed by atoms with Gasteiger partial charge in [0.15, 0.2) is 0 Å². The molecule has 1 aliphatic heterocycles. The Morgan fingerprint density at radius 2 is 2.43 bits per heavy atom. The van der Waals surface area contributed by atoms with E-state index in [-0.39, 0.29) is 0 Å². The maximum Gasteiger partial charge on any atom is 0.142 e. The molecular formula is C11H10N2O. The average Bonchev–Trinajstić information content (AvgIpc) is 2.75. The Hall–Kier alpha value is -1.56. The highest BCUT2D eigenvalue weighted by molar-refractivity contribution is 5.42. The molecule has 14 heavy (non-hydrogen) atoms. The van der Waals surface area contributed by atoms with Crippen LogP contribution in [-0.4, -0.2) is 11.1 Å². The Labute approximate surface area is 82.3 Å². The number of hydrogen-bond acceptors (Lipinski definition) is 3. The lowest BCUT2D eigenvalue weighted by molar-refractivity contribution is 0.225. The molecule has 1 fully saturated rings. The summed E-state index contributed by atoms with van der Waals surface area (Å²) < 4.78 is 5.76. The molecule has 0 spiro atoms. The van der Waals surface area contributed by atoms with Crippen LogP contribution in [-0.2, 0) is 0 Å². The van der Waals surface area contributed by atoms with Gasteiger partial charge in [-0.3, -0.25) is 4.98 Å². The normalized spacial score (nSPS) is 27.6. The molecule has 0 radical (unpaired) electrons. The highest BCUT2D eigenvalue weighted by Crippen LogP contribution is 2.45. The minimum absolute atomic E-state index is 0.325. The largest absolute Gasteiger partial charge is 0.488 e. The van der Waals surface area contributed by atoms with Crippen LogP contribution in [0.1, 0.15) is 36.4 Å². The van der Waals surface area contributed by atoms with E-state index in [0.29, 0.717) is 17.6 Å². The third kappa shape index (κ3) is 0.941. The Bertz CT molecular complexity index is 422. The Kier molecular flexibility index (Phi) is 1.51. The third-order valence-electron chi connectivity index (χ3n) is 3.09. The lowest BCUT2D eigenvalue weighted by Gasteiger charge is -2.06. The molecule has 3 nitrogen and oxygen atoms in total. The van der Waals surface area contributed by atoms with Gasteiger partial charge in [-0.05, 0) is 19.3 Å². The van der Waals surface area contributed by atoms with Crippen LogP contribution >= 0.6 is 0 Å². The van der Waals surface area contributed by atoms with Gasteiger partial charge in [0.25, 0.3) is 0 Å². The van der Waals surface area contributed by atoms with Gasteiger partial charge in [0, 0.05) is 18.2 Å². The van der Waals surface area contributed by atoms with Gasteiger partial charge in [-0.25, -0.2) is 0 Å². The zero-order valence-corrected chi connectivity index (χ0v) is 7.73. The highest BCUT2D eigenvalue weighted by atomic mass is 16.5. The summed E-state index contributed by atoms with van der Waals surface area (Å²) >= 11 is 0. The summed E-state index contributed by atoms with van der Waals surface area (Å²) in [6.45, 7) is 0. The van der Waals surface area contributed by atoms with Gasteiger partial charge in [0.1, 0.15) is 17.9 Å². The molecule has 2 heterocycles. The molecule has 1 aromatic heterocycles. The van der Waals surface area contributed by atoms with Gasteiger partial charge in [0.05, 0.1) is 11.3 Å². The standard InChI is InChI=1S/C11H10N2O/c12-5-7-4-10-11(13-6-7)8-2-1-3-9(8)14-10/h4,6,8-9H,1-3H2. The van der Waals surface area contributed by atoms with Gasteiger partial charge < -0.3 is 4.74 Å². The summed E-state index contributed by atoms with van der Waals surface area (Å²) in [6, 6.07) is 3.89. The molecule has 1 aliphatic carbocycles. The third-order valence-corrected chi connectivity index (χ3v) is 3.09. The molecule has 3 heteroatoms. The number of rotatable bonds is 0. The zero-order valence-electron chi connectivity index (χ0n) is 7.73. The second-order valence-electron chi connectivity index (χ2n) is 3.91. The quantitative estimate of drug-likeness (QED) is 0.622. The molecule has 1 saturated carbocycles. The van der Waals surface area contributed by atoms with Crippen LogP contribution in [0.25, 0.3) is 0 Å². The number of hydrogen-bond donors (Lipinski definition) is 0. The first-order chi connectivity index (χ1) is 6.88. The summed E-state index contributed by atoms with van der Waals surface area (Å²) in [5.74, 6) is 1.32. The first-order valence-electron chi connectivity index (χ1n) is 4.95. The van der Waals surface area contributed by atoms with E-state index >= 15 is 0 Å². The lowest BCUT2D eigenvalue weighted by atomic mass is 10.0. The highest BCUT2D eigenvalue weighted by Gasteiger charge is 2.39. The Morgan fingerprint density at radius 3 is 3.29 bits per heavy atom. The van der Waals surface area contributed by atoms with E-state index in [4.69, 9.17) is 10.00 Å². The molecule has 2 unspecified atom stereocenters. The summed E-state index contributed by atoms with van der Waals surface area (Å²) in [4.78, 5) is 4.33. The van der Waals surface area contributed by atoms with Crippen LogP contribution in [0.2, 0.25) is 0 Å². The first kappa shape index (κ1) is 7.81. The van der Waals surface area contributed by atoms with Crippen molar-refractivity contribution in [3.05, 3.63) is 23.5 Å². The van der Waals surface area contributed by atoms with Crippen LogP contribution < -0.4 is 4.74 Å². The van der Waals surface area contributed by atoms with Crippen molar-refractivity contribution in [2.24, 2.45) is 0 Å². The van der Waals surface area contributed by atoms with Crippen molar-refractivity contribution in [3.8, 4) is 11.8 Å².